The number of ketones is 1. The first-order valence-corrected chi connectivity index (χ1v) is 11.2. The largest absolute Gasteiger partial charge is 0.383 e. The van der Waals surface area contributed by atoms with Gasteiger partial charge in [0, 0.05) is 12.1 Å². The van der Waals surface area contributed by atoms with Gasteiger partial charge in [0.25, 0.3) is 0 Å². The number of halogens is 1. The summed E-state index contributed by atoms with van der Waals surface area (Å²) in [6.45, 7) is 4.51. The molecule has 0 atom stereocenters. The number of carbonyl (C=O) groups is 1. The molecule has 27 heavy (non-hydrogen) atoms. The van der Waals surface area contributed by atoms with E-state index in [2.05, 4.69) is 12.2 Å². The van der Waals surface area contributed by atoms with Crippen LogP contribution in [0.2, 0.25) is 0 Å². The van der Waals surface area contributed by atoms with Gasteiger partial charge < -0.3 is 5.32 Å². The highest BCUT2D eigenvalue weighted by Crippen LogP contribution is 2.17. The van der Waals surface area contributed by atoms with E-state index in [0.29, 0.717) is 11.3 Å². The van der Waals surface area contributed by atoms with E-state index in [-0.39, 0.29) is 11.6 Å². The number of unbranched alkanes of at least 4 members (excludes halogenated alkanes) is 13. The van der Waals surface area contributed by atoms with Crippen LogP contribution in [0.15, 0.2) is 18.2 Å². The lowest BCUT2D eigenvalue weighted by molar-refractivity contribution is 0.101. The number of carbonyl (C=O) groups excluding carboxylic acids is 1. The fourth-order valence-corrected chi connectivity index (χ4v) is 3.42. The Bertz CT molecular complexity index is 515. The quantitative estimate of drug-likeness (QED) is 0.221. The molecule has 0 spiro atoms. The highest BCUT2D eigenvalue weighted by molar-refractivity contribution is 5.94. The second-order valence-corrected chi connectivity index (χ2v) is 7.77. The van der Waals surface area contributed by atoms with E-state index in [0.717, 1.165) is 13.0 Å². The maximum absolute atomic E-state index is 13.9. The Kier molecular flexibility index (Phi) is 13.7. The molecule has 0 aliphatic rings. The Balaban J connectivity index is 1.90. The summed E-state index contributed by atoms with van der Waals surface area (Å²) < 4.78 is 13.9. The second-order valence-electron chi connectivity index (χ2n) is 7.77. The highest BCUT2D eigenvalue weighted by Gasteiger charge is 2.05. The van der Waals surface area contributed by atoms with Crippen LogP contribution in [0.3, 0.4) is 0 Å². The van der Waals surface area contributed by atoms with E-state index in [4.69, 9.17) is 0 Å². The minimum Gasteiger partial charge on any atom is -0.383 e. The third-order valence-electron chi connectivity index (χ3n) is 5.22. The van der Waals surface area contributed by atoms with Crippen LogP contribution in [0.5, 0.6) is 0 Å². The van der Waals surface area contributed by atoms with Gasteiger partial charge in [0.05, 0.1) is 5.69 Å². The molecule has 0 bridgehead atoms. The van der Waals surface area contributed by atoms with Crippen LogP contribution in [0.4, 0.5) is 10.1 Å². The Morgan fingerprint density at radius 3 is 1.74 bits per heavy atom. The number of rotatable bonds is 17. The molecule has 1 N–H and O–H groups in total. The number of anilines is 1. The van der Waals surface area contributed by atoms with Crippen LogP contribution in [0.25, 0.3) is 0 Å². The van der Waals surface area contributed by atoms with Crippen molar-refractivity contribution in [3.8, 4) is 0 Å². The molecule has 0 aromatic heterocycles. The number of hydrogen-bond donors (Lipinski definition) is 1. The first-order valence-electron chi connectivity index (χ1n) is 11.2. The zero-order valence-electron chi connectivity index (χ0n) is 17.6. The predicted molar refractivity (Wildman–Crippen MR) is 115 cm³/mol. The van der Waals surface area contributed by atoms with Gasteiger partial charge in [0.1, 0.15) is 5.82 Å². The molecule has 0 radical (unpaired) electrons. The smallest absolute Gasteiger partial charge is 0.159 e. The monoisotopic (exact) mass is 377 g/mol. The molecule has 0 aliphatic heterocycles. The Morgan fingerprint density at radius 2 is 1.30 bits per heavy atom. The Labute approximate surface area is 166 Å². The van der Waals surface area contributed by atoms with E-state index in [1.807, 2.05) is 0 Å². The first kappa shape index (κ1) is 23.7. The molecule has 0 unspecified atom stereocenters. The van der Waals surface area contributed by atoms with Crippen molar-refractivity contribution in [2.45, 2.75) is 104 Å². The van der Waals surface area contributed by atoms with Crippen LogP contribution in [-0.2, 0) is 0 Å². The van der Waals surface area contributed by atoms with Gasteiger partial charge in [0.15, 0.2) is 5.78 Å². The summed E-state index contributed by atoms with van der Waals surface area (Å²) >= 11 is 0. The molecule has 0 heterocycles. The van der Waals surface area contributed by atoms with Crippen molar-refractivity contribution in [1.82, 2.24) is 0 Å². The van der Waals surface area contributed by atoms with Gasteiger partial charge in [-0.05, 0) is 31.5 Å². The van der Waals surface area contributed by atoms with Crippen molar-refractivity contribution in [3.05, 3.63) is 29.6 Å². The average Bonchev–Trinajstić information content (AvgIpc) is 2.65. The van der Waals surface area contributed by atoms with Crippen LogP contribution in [-0.4, -0.2) is 12.3 Å². The zero-order chi connectivity index (χ0) is 19.7. The summed E-state index contributed by atoms with van der Waals surface area (Å²) in [7, 11) is 0. The fourth-order valence-electron chi connectivity index (χ4n) is 3.42. The second kappa shape index (κ2) is 15.7. The minimum absolute atomic E-state index is 0.104. The molecule has 0 fully saturated rings. The lowest BCUT2D eigenvalue weighted by Gasteiger charge is -2.08. The molecule has 0 saturated carbocycles. The summed E-state index contributed by atoms with van der Waals surface area (Å²) in [5, 5.41) is 3.14. The molecular formula is C24H40FNO. The van der Waals surface area contributed by atoms with Crippen molar-refractivity contribution < 1.29 is 9.18 Å². The summed E-state index contributed by atoms with van der Waals surface area (Å²) in [5.41, 5.74) is 0.921. The maximum atomic E-state index is 13.9. The molecule has 154 valence electrons. The van der Waals surface area contributed by atoms with Crippen LogP contribution >= 0.6 is 0 Å². The standard InChI is InChI=1S/C24H40FNO/c1-3-4-5-6-7-8-9-10-11-12-13-14-15-16-19-26-24-18-17-22(21(2)27)20-23(24)25/h17-18,20,26H,3-16,19H2,1-2H3. The lowest BCUT2D eigenvalue weighted by atomic mass is 10.0. The fraction of sp³-hybridized carbons (Fsp3) is 0.708. The van der Waals surface area contributed by atoms with Crippen LogP contribution in [0.1, 0.15) is 114 Å². The Hall–Kier alpha value is -1.38. The molecule has 1 aromatic rings. The van der Waals surface area contributed by atoms with E-state index in [1.165, 1.54) is 96.5 Å². The molecule has 0 aliphatic carbocycles. The summed E-state index contributed by atoms with van der Waals surface area (Å²) in [5.74, 6) is -0.444. The van der Waals surface area contributed by atoms with Crippen molar-refractivity contribution in [1.29, 1.82) is 0 Å². The molecule has 3 heteroatoms. The van der Waals surface area contributed by atoms with Gasteiger partial charge >= 0.3 is 0 Å². The molecule has 2 nitrogen and oxygen atoms in total. The van der Waals surface area contributed by atoms with Crippen molar-refractivity contribution >= 4 is 11.5 Å². The third-order valence-corrected chi connectivity index (χ3v) is 5.22. The van der Waals surface area contributed by atoms with Crippen molar-refractivity contribution in [2.75, 3.05) is 11.9 Å². The number of Topliss-reactive ketones (excluding diaryl/α,β-unsaturated/α-hetero) is 1. The number of nitrogens with one attached hydrogen (secondary N) is 1. The van der Waals surface area contributed by atoms with E-state index in [9.17, 15) is 9.18 Å². The van der Waals surface area contributed by atoms with Crippen molar-refractivity contribution in [3.63, 3.8) is 0 Å². The first-order chi connectivity index (χ1) is 13.1. The molecule has 0 saturated heterocycles. The highest BCUT2D eigenvalue weighted by atomic mass is 19.1. The van der Waals surface area contributed by atoms with Gasteiger partial charge in [0.2, 0.25) is 0 Å². The normalized spacial score (nSPS) is 10.9. The summed E-state index contributed by atoms with van der Waals surface area (Å²) in [6, 6.07) is 4.66. The molecule has 1 rings (SSSR count). The summed E-state index contributed by atoms with van der Waals surface area (Å²) in [4.78, 5) is 11.2. The zero-order valence-corrected chi connectivity index (χ0v) is 17.6. The van der Waals surface area contributed by atoms with E-state index < -0.39 is 0 Å². The maximum Gasteiger partial charge on any atom is 0.159 e. The summed E-state index contributed by atoms with van der Waals surface area (Å²) in [6.07, 6.45) is 18.8. The van der Waals surface area contributed by atoms with Crippen LogP contribution in [0, 0.1) is 5.82 Å². The van der Waals surface area contributed by atoms with Gasteiger partial charge in [-0.2, -0.15) is 0 Å². The van der Waals surface area contributed by atoms with Gasteiger partial charge in [-0.1, -0.05) is 90.4 Å². The average molecular weight is 378 g/mol. The van der Waals surface area contributed by atoms with Gasteiger partial charge in [-0.15, -0.1) is 0 Å². The molecule has 1 aromatic carbocycles. The van der Waals surface area contributed by atoms with Gasteiger partial charge in [-0.25, -0.2) is 4.39 Å². The van der Waals surface area contributed by atoms with Crippen molar-refractivity contribution in [2.24, 2.45) is 0 Å². The predicted octanol–water partition coefficient (Wildman–Crippen LogP) is 7.92. The molecule has 0 amide bonds. The number of hydrogen-bond acceptors (Lipinski definition) is 2. The SMILES string of the molecule is CCCCCCCCCCCCCCCCNc1ccc(C(C)=O)cc1F. The third kappa shape index (κ3) is 11.8. The minimum atomic E-state index is -0.340. The Morgan fingerprint density at radius 1 is 0.815 bits per heavy atom. The van der Waals surface area contributed by atoms with E-state index >= 15 is 0 Å². The van der Waals surface area contributed by atoms with Gasteiger partial charge in [-0.3, -0.25) is 4.79 Å². The lowest BCUT2D eigenvalue weighted by Crippen LogP contribution is -2.04. The number of benzene rings is 1. The molecular weight excluding hydrogens is 337 g/mol. The topological polar surface area (TPSA) is 29.1 Å². The van der Waals surface area contributed by atoms with Crippen LogP contribution < -0.4 is 5.32 Å². The van der Waals surface area contributed by atoms with E-state index in [1.54, 1.807) is 12.1 Å².